The number of rotatable bonds is 35. The van der Waals surface area contributed by atoms with E-state index in [4.69, 9.17) is 9.05 Å². The molecule has 0 bridgehead atoms. The van der Waals surface area contributed by atoms with E-state index in [1.807, 2.05) is 0 Å². The van der Waals surface area contributed by atoms with E-state index < -0.39 is 75.2 Å². The minimum atomic E-state index is -5.11. The van der Waals surface area contributed by atoms with E-state index in [0.717, 1.165) is 64.2 Å². The van der Waals surface area contributed by atoms with Gasteiger partial charge in [-0.25, -0.2) is 4.57 Å². The van der Waals surface area contributed by atoms with Crippen LogP contribution in [0.25, 0.3) is 0 Å². The summed E-state index contributed by atoms with van der Waals surface area (Å²) in [4.78, 5) is 23.4. The highest BCUT2D eigenvalue weighted by Gasteiger charge is 2.51. The maximum Gasteiger partial charge on any atom is 0.472 e. The molecule has 0 saturated heterocycles. The Bertz CT molecular complexity index is 1060. The quantitative estimate of drug-likeness (QED) is 0.0192. The first-order valence-electron chi connectivity index (χ1n) is 21.9. The SMILES string of the molecule is CCCCC/C=C\C=C/CCCCCCC(O)CC(=O)NC(COP(=O)(O)OC1C(O)C(O)C(O)C(O)C1O)C(O)CCCCCCCCCCCCCCC. The minimum Gasteiger partial charge on any atom is -0.393 e. The van der Waals surface area contributed by atoms with Gasteiger partial charge < -0.3 is 46.0 Å². The number of allylic oxidation sites excluding steroid dienone is 4. The van der Waals surface area contributed by atoms with Crippen molar-refractivity contribution >= 4 is 13.7 Å². The second-order valence-electron chi connectivity index (χ2n) is 15.8. The molecule has 9 N–H and O–H groups in total. The summed E-state index contributed by atoms with van der Waals surface area (Å²) in [5.74, 6) is -0.574. The fourth-order valence-electron chi connectivity index (χ4n) is 6.94. The fourth-order valence-corrected chi connectivity index (χ4v) is 7.91. The number of aliphatic hydroxyl groups excluding tert-OH is 7. The van der Waals surface area contributed by atoms with Crippen LogP contribution in [0.5, 0.6) is 0 Å². The van der Waals surface area contributed by atoms with Gasteiger partial charge in [-0.1, -0.05) is 154 Å². The molecular weight excluding hydrogens is 741 g/mol. The molecule has 0 aliphatic heterocycles. The van der Waals surface area contributed by atoms with Crippen molar-refractivity contribution < 1.29 is 59.0 Å². The number of amides is 1. The van der Waals surface area contributed by atoms with Gasteiger partial charge in [0, 0.05) is 0 Å². The van der Waals surface area contributed by atoms with E-state index in [-0.39, 0.29) is 12.8 Å². The molecule has 0 aromatic carbocycles. The Labute approximate surface area is 337 Å². The van der Waals surface area contributed by atoms with Crippen molar-refractivity contribution in [3.05, 3.63) is 24.3 Å². The zero-order chi connectivity index (χ0) is 41.6. The normalized spacial score (nSPS) is 24.4. The summed E-state index contributed by atoms with van der Waals surface area (Å²) >= 11 is 0. The molecule has 1 aliphatic carbocycles. The highest BCUT2D eigenvalue weighted by molar-refractivity contribution is 7.47. The Hall–Kier alpha value is -1.22. The van der Waals surface area contributed by atoms with Crippen LogP contribution in [0.2, 0.25) is 0 Å². The number of unbranched alkanes of at least 4 members (excludes halogenated alkanes) is 19. The van der Waals surface area contributed by atoms with E-state index in [2.05, 4.69) is 43.5 Å². The summed E-state index contributed by atoms with van der Waals surface area (Å²) in [5, 5.41) is 74.4. The second kappa shape index (κ2) is 32.6. The number of hydrogen-bond donors (Lipinski definition) is 9. The largest absolute Gasteiger partial charge is 0.472 e. The number of aliphatic hydroxyl groups is 7. The molecule has 8 unspecified atom stereocenters. The van der Waals surface area contributed by atoms with E-state index in [1.165, 1.54) is 70.6 Å². The highest BCUT2D eigenvalue weighted by Crippen LogP contribution is 2.47. The first kappa shape index (κ1) is 52.8. The van der Waals surface area contributed by atoms with Gasteiger partial charge in [-0.2, -0.15) is 0 Å². The summed E-state index contributed by atoms with van der Waals surface area (Å²) in [5.41, 5.74) is 0. The zero-order valence-electron chi connectivity index (χ0n) is 34.5. The van der Waals surface area contributed by atoms with Crippen molar-refractivity contribution in [3.63, 3.8) is 0 Å². The molecule has 13 nitrogen and oxygen atoms in total. The third-order valence-electron chi connectivity index (χ3n) is 10.6. The Morgan fingerprint density at radius 1 is 0.625 bits per heavy atom. The molecule has 0 aromatic rings. The summed E-state index contributed by atoms with van der Waals surface area (Å²) < 4.78 is 22.9. The topological polar surface area (TPSA) is 226 Å². The van der Waals surface area contributed by atoms with Crippen LogP contribution in [0, 0.1) is 0 Å². The van der Waals surface area contributed by atoms with Gasteiger partial charge >= 0.3 is 7.82 Å². The second-order valence-corrected chi connectivity index (χ2v) is 17.2. The molecule has 0 aromatic heterocycles. The van der Waals surface area contributed by atoms with Crippen LogP contribution >= 0.6 is 7.82 Å². The van der Waals surface area contributed by atoms with Crippen molar-refractivity contribution in [1.82, 2.24) is 5.32 Å². The van der Waals surface area contributed by atoms with Gasteiger partial charge in [0.15, 0.2) is 0 Å². The molecule has 0 spiro atoms. The number of phosphoric acid groups is 1. The highest BCUT2D eigenvalue weighted by atomic mass is 31.2. The number of hydrogen-bond acceptors (Lipinski definition) is 11. The lowest BCUT2D eigenvalue weighted by Gasteiger charge is -2.41. The molecule has 1 aliphatic rings. The molecule has 1 rings (SSSR count). The minimum absolute atomic E-state index is 0.235. The lowest BCUT2D eigenvalue weighted by molar-refractivity contribution is -0.220. The Kier molecular flexibility index (Phi) is 30.7. The Morgan fingerprint density at radius 2 is 1.04 bits per heavy atom. The number of phosphoric ester groups is 1. The molecule has 8 atom stereocenters. The molecule has 56 heavy (non-hydrogen) atoms. The standard InChI is InChI=1S/C42H80NO12P/c1-3-5-7-9-11-13-15-17-19-21-23-25-27-29-33(44)31-36(46)43-34(35(45)30-28-26-24-22-20-18-16-14-12-10-8-6-4-2)32-54-56(52,53)55-42-40(50)38(48)37(47)39(49)41(42)51/h11,13,15,17,33-35,37-42,44-45,47-51H,3-10,12,14,16,18-32H2,1-2H3,(H,43,46)(H,52,53)/b13-11-,17-15-. The molecule has 1 saturated carbocycles. The Balaban J connectivity index is 2.58. The summed E-state index contributed by atoms with van der Waals surface area (Å²) in [6.45, 7) is 3.73. The smallest absolute Gasteiger partial charge is 0.393 e. The van der Waals surface area contributed by atoms with Gasteiger partial charge in [0.25, 0.3) is 0 Å². The van der Waals surface area contributed by atoms with Gasteiger partial charge in [0.05, 0.1) is 31.3 Å². The fraction of sp³-hybridized carbons (Fsp3) is 0.881. The van der Waals surface area contributed by atoms with Crippen molar-refractivity contribution in [2.75, 3.05) is 6.61 Å². The van der Waals surface area contributed by atoms with Crippen LogP contribution in [-0.2, 0) is 18.4 Å². The maximum atomic E-state index is 13.0. The van der Waals surface area contributed by atoms with Crippen LogP contribution in [0.4, 0.5) is 0 Å². The maximum absolute atomic E-state index is 13.0. The summed E-state index contributed by atoms with van der Waals surface area (Å²) in [6, 6.07) is -1.16. The zero-order valence-corrected chi connectivity index (χ0v) is 35.4. The van der Waals surface area contributed by atoms with E-state index in [0.29, 0.717) is 12.8 Å². The summed E-state index contributed by atoms with van der Waals surface area (Å²) in [7, 11) is -5.11. The van der Waals surface area contributed by atoms with Crippen molar-refractivity contribution in [2.45, 2.75) is 229 Å². The summed E-state index contributed by atoms with van der Waals surface area (Å²) in [6.07, 6.45) is 19.4. The van der Waals surface area contributed by atoms with Crippen LogP contribution in [-0.4, -0.2) is 108 Å². The lowest BCUT2D eigenvalue weighted by atomic mass is 9.85. The third kappa shape index (κ3) is 24.6. The van der Waals surface area contributed by atoms with E-state index in [1.54, 1.807) is 0 Å². The predicted octanol–water partition coefficient (Wildman–Crippen LogP) is 6.42. The first-order valence-corrected chi connectivity index (χ1v) is 23.4. The van der Waals surface area contributed by atoms with Gasteiger partial charge in [-0.05, 0) is 38.5 Å². The molecular formula is C42H80NO12P. The average molecular weight is 822 g/mol. The van der Waals surface area contributed by atoms with Crippen molar-refractivity contribution in [2.24, 2.45) is 0 Å². The molecule has 0 radical (unpaired) electrons. The number of nitrogens with one attached hydrogen (secondary N) is 1. The van der Waals surface area contributed by atoms with E-state index in [9.17, 15) is 50.0 Å². The first-order chi connectivity index (χ1) is 26.8. The van der Waals surface area contributed by atoms with Crippen molar-refractivity contribution in [1.29, 1.82) is 0 Å². The average Bonchev–Trinajstić information content (AvgIpc) is 3.17. The molecule has 0 heterocycles. The third-order valence-corrected chi connectivity index (χ3v) is 11.6. The van der Waals surface area contributed by atoms with Gasteiger partial charge in [0.2, 0.25) is 5.91 Å². The van der Waals surface area contributed by atoms with Gasteiger partial charge in [0.1, 0.15) is 36.6 Å². The molecule has 330 valence electrons. The monoisotopic (exact) mass is 822 g/mol. The van der Waals surface area contributed by atoms with Crippen molar-refractivity contribution in [3.8, 4) is 0 Å². The van der Waals surface area contributed by atoms with Gasteiger partial charge in [-0.15, -0.1) is 0 Å². The predicted molar refractivity (Wildman–Crippen MR) is 220 cm³/mol. The molecule has 1 amide bonds. The van der Waals surface area contributed by atoms with Crippen LogP contribution in [0.15, 0.2) is 24.3 Å². The molecule has 1 fully saturated rings. The van der Waals surface area contributed by atoms with Crippen LogP contribution < -0.4 is 5.32 Å². The van der Waals surface area contributed by atoms with Crippen LogP contribution in [0.3, 0.4) is 0 Å². The lowest BCUT2D eigenvalue weighted by Crippen LogP contribution is -2.64. The van der Waals surface area contributed by atoms with Crippen LogP contribution in [0.1, 0.15) is 174 Å². The number of carbonyl (C=O) groups is 1. The Morgan fingerprint density at radius 3 is 1.55 bits per heavy atom. The van der Waals surface area contributed by atoms with Gasteiger partial charge in [-0.3, -0.25) is 13.8 Å². The number of carbonyl (C=O) groups excluding carboxylic acids is 1. The van der Waals surface area contributed by atoms with E-state index >= 15 is 0 Å². The molecule has 14 heteroatoms.